The number of amides is 2. The first-order valence-corrected chi connectivity index (χ1v) is 9.47. The van der Waals surface area contributed by atoms with Crippen LogP contribution < -0.4 is 5.32 Å². The van der Waals surface area contributed by atoms with Crippen LogP contribution in [0.4, 0.5) is 4.39 Å². The first kappa shape index (κ1) is 19.8. The Balaban J connectivity index is 1.42. The number of ether oxygens (including phenoxy) is 1. The predicted molar refractivity (Wildman–Crippen MR) is 97.7 cm³/mol. The van der Waals surface area contributed by atoms with Crippen molar-refractivity contribution in [3.8, 4) is 0 Å². The summed E-state index contributed by atoms with van der Waals surface area (Å²) in [6.07, 6.45) is 2.91. The summed E-state index contributed by atoms with van der Waals surface area (Å²) in [6, 6.07) is 5.29. The molecule has 6 nitrogen and oxygen atoms in total. The summed E-state index contributed by atoms with van der Waals surface area (Å²) in [6.45, 7) is 3.83. The fourth-order valence-corrected chi connectivity index (χ4v) is 3.95. The molecule has 1 aromatic rings. The molecule has 2 saturated heterocycles. The number of piperidine rings is 1. The van der Waals surface area contributed by atoms with Gasteiger partial charge in [-0.3, -0.25) is 9.59 Å². The van der Waals surface area contributed by atoms with Gasteiger partial charge in [0.05, 0.1) is 17.8 Å². The number of hydrogen-bond donors (Lipinski definition) is 2. The third-order valence-corrected chi connectivity index (χ3v) is 5.51. The van der Waals surface area contributed by atoms with Crippen LogP contribution in [-0.2, 0) is 9.53 Å². The number of nitrogens with one attached hydrogen (secondary N) is 1. The maximum Gasteiger partial charge on any atom is 0.251 e. The minimum absolute atomic E-state index is 0.00757. The average Bonchev–Trinajstić information content (AvgIpc) is 2.61. The summed E-state index contributed by atoms with van der Waals surface area (Å²) in [4.78, 5) is 26.2. The van der Waals surface area contributed by atoms with E-state index in [4.69, 9.17) is 4.74 Å². The van der Waals surface area contributed by atoms with E-state index in [2.05, 4.69) is 5.32 Å². The molecule has 148 valence electrons. The molecule has 7 heteroatoms. The van der Waals surface area contributed by atoms with Gasteiger partial charge < -0.3 is 20.1 Å². The summed E-state index contributed by atoms with van der Waals surface area (Å²) in [5, 5.41) is 13.0. The minimum atomic E-state index is -0.699. The molecule has 0 aromatic heterocycles. The highest BCUT2D eigenvalue weighted by Crippen LogP contribution is 2.39. The Hall–Kier alpha value is -1.99. The Morgan fingerprint density at radius 2 is 1.89 bits per heavy atom. The van der Waals surface area contributed by atoms with E-state index < -0.39 is 11.4 Å². The lowest BCUT2D eigenvalue weighted by molar-refractivity contribution is -0.175. The van der Waals surface area contributed by atoms with Gasteiger partial charge in [-0.2, -0.15) is 0 Å². The molecule has 2 aliphatic rings. The zero-order valence-electron chi connectivity index (χ0n) is 15.7. The van der Waals surface area contributed by atoms with E-state index in [1.165, 1.54) is 24.3 Å². The third kappa shape index (κ3) is 5.05. The summed E-state index contributed by atoms with van der Waals surface area (Å²) >= 11 is 0. The zero-order valence-corrected chi connectivity index (χ0v) is 15.7. The molecule has 2 amide bonds. The summed E-state index contributed by atoms with van der Waals surface area (Å²) < 4.78 is 18.8. The van der Waals surface area contributed by atoms with Crippen molar-refractivity contribution < 1.29 is 23.8 Å². The highest BCUT2D eigenvalue weighted by molar-refractivity contribution is 5.94. The molecule has 0 saturated carbocycles. The van der Waals surface area contributed by atoms with Crippen LogP contribution in [0, 0.1) is 5.82 Å². The van der Waals surface area contributed by atoms with Crippen LogP contribution in [0.2, 0.25) is 0 Å². The maximum absolute atomic E-state index is 12.9. The molecule has 27 heavy (non-hydrogen) atoms. The van der Waals surface area contributed by atoms with Crippen molar-refractivity contribution in [2.75, 3.05) is 26.2 Å². The quantitative estimate of drug-likeness (QED) is 0.838. The highest BCUT2D eigenvalue weighted by atomic mass is 19.1. The van der Waals surface area contributed by atoms with E-state index in [0.717, 1.165) is 12.8 Å². The number of benzene rings is 1. The SMILES string of the molecule is CC1(O)CCOC2(CCN(C(=O)CCNC(=O)c3ccc(F)cc3)CC2)C1. The van der Waals surface area contributed by atoms with Gasteiger partial charge in [-0.25, -0.2) is 4.39 Å². The number of hydrogen-bond acceptors (Lipinski definition) is 4. The molecule has 2 N–H and O–H groups in total. The number of halogens is 1. The molecule has 0 radical (unpaired) electrons. The molecule has 1 atom stereocenters. The van der Waals surface area contributed by atoms with Gasteiger partial charge >= 0.3 is 0 Å². The number of carbonyl (C=O) groups excluding carboxylic acids is 2. The van der Waals surface area contributed by atoms with Crippen LogP contribution in [0.5, 0.6) is 0 Å². The molecule has 1 unspecified atom stereocenters. The second-order valence-corrected chi connectivity index (χ2v) is 7.85. The van der Waals surface area contributed by atoms with Gasteiger partial charge in [0.1, 0.15) is 5.82 Å². The first-order valence-electron chi connectivity index (χ1n) is 9.47. The van der Waals surface area contributed by atoms with Gasteiger partial charge in [0.2, 0.25) is 5.91 Å². The molecule has 2 aliphatic heterocycles. The van der Waals surface area contributed by atoms with Crippen LogP contribution in [0.3, 0.4) is 0 Å². The predicted octanol–water partition coefficient (Wildman–Crippen LogP) is 1.87. The third-order valence-electron chi connectivity index (χ3n) is 5.51. The van der Waals surface area contributed by atoms with Crippen molar-refractivity contribution in [1.29, 1.82) is 0 Å². The number of nitrogens with zero attached hydrogens (tertiary/aromatic N) is 1. The topological polar surface area (TPSA) is 78.9 Å². The van der Waals surface area contributed by atoms with E-state index in [1.54, 1.807) is 4.90 Å². The number of likely N-dealkylation sites (tertiary alicyclic amines) is 1. The molecule has 1 aromatic carbocycles. The Morgan fingerprint density at radius 3 is 2.52 bits per heavy atom. The largest absolute Gasteiger partial charge is 0.390 e. The summed E-state index contributed by atoms with van der Waals surface area (Å²) in [5.41, 5.74) is -0.657. The minimum Gasteiger partial charge on any atom is -0.390 e. The lowest BCUT2D eigenvalue weighted by Gasteiger charge is -2.48. The summed E-state index contributed by atoms with van der Waals surface area (Å²) in [5.74, 6) is -0.724. The fourth-order valence-electron chi connectivity index (χ4n) is 3.95. The van der Waals surface area contributed by atoms with Gasteiger partial charge in [-0.15, -0.1) is 0 Å². The smallest absolute Gasteiger partial charge is 0.251 e. The molecule has 1 spiro atoms. The first-order chi connectivity index (χ1) is 12.8. The van der Waals surface area contributed by atoms with Gasteiger partial charge in [0.25, 0.3) is 5.91 Å². The Morgan fingerprint density at radius 1 is 1.22 bits per heavy atom. The molecular formula is C20H27FN2O4. The molecule has 0 bridgehead atoms. The molecule has 0 aliphatic carbocycles. The van der Waals surface area contributed by atoms with Crippen molar-refractivity contribution in [2.45, 2.75) is 50.2 Å². The van der Waals surface area contributed by atoms with E-state index in [1.807, 2.05) is 6.92 Å². The van der Waals surface area contributed by atoms with E-state index in [-0.39, 0.29) is 30.4 Å². The Kier molecular flexibility index (Phi) is 5.81. The van der Waals surface area contributed by atoms with Gasteiger partial charge in [-0.1, -0.05) is 0 Å². The van der Waals surface area contributed by atoms with E-state index >= 15 is 0 Å². The monoisotopic (exact) mass is 378 g/mol. The standard InChI is InChI=1S/C20H27FN2O4/c1-19(26)9-13-27-20(14-19)7-11-23(12-8-20)17(24)6-10-22-18(25)15-2-4-16(21)5-3-15/h2-5,26H,6-14H2,1H3,(H,22,25). The van der Waals surface area contributed by atoms with Crippen LogP contribution >= 0.6 is 0 Å². The van der Waals surface area contributed by atoms with Crippen molar-refractivity contribution in [3.05, 3.63) is 35.6 Å². The lowest BCUT2D eigenvalue weighted by atomic mass is 9.78. The fraction of sp³-hybridized carbons (Fsp3) is 0.600. The van der Waals surface area contributed by atoms with Crippen molar-refractivity contribution in [2.24, 2.45) is 0 Å². The number of rotatable bonds is 4. The highest BCUT2D eigenvalue weighted by Gasteiger charge is 2.44. The molecule has 3 rings (SSSR count). The molecular weight excluding hydrogens is 351 g/mol. The number of carbonyl (C=O) groups is 2. The van der Waals surface area contributed by atoms with Crippen molar-refractivity contribution in [3.63, 3.8) is 0 Å². The Labute approximate surface area is 158 Å². The van der Waals surface area contributed by atoms with Crippen molar-refractivity contribution in [1.82, 2.24) is 10.2 Å². The van der Waals surface area contributed by atoms with E-state index in [9.17, 15) is 19.1 Å². The average molecular weight is 378 g/mol. The number of aliphatic hydroxyl groups is 1. The molecule has 2 heterocycles. The molecule has 2 fully saturated rings. The maximum atomic E-state index is 12.9. The van der Waals surface area contributed by atoms with Crippen LogP contribution in [0.15, 0.2) is 24.3 Å². The van der Waals surface area contributed by atoms with E-state index in [0.29, 0.717) is 38.1 Å². The van der Waals surface area contributed by atoms with Crippen LogP contribution in [-0.4, -0.2) is 59.3 Å². The van der Waals surface area contributed by atoms with Gasteiger partial charge in [0.15, 0.2) is 0 Å². The zero-order chi connectivity index (χ0) is 19.5. The van der Waals surface area contributed by atoms with Gasteiger partial charge in [0, 0.05) is 38.0 Å². The van der Waals surface area contributed by atoms with Gasteiger partial charge in [-0.05, 0) is 50.5 Å². The summed E-state index contributed by atoms with van der Waals surface area (Å²) in [7, 11) is 0. The lowest BCUT2D eigenvalue weighted by Crippen LogP contribution is -2.54. The second-order valence-electron chi connectivity index (χ2n) is 7.85. The Bertz CT molecular complexity index is 682. The van der Waals surface area contributed by atoms with Crippen molar-refractivity contribution >= 4 is 11.8 Å². The van der Waals surface area contributed by atoms with Crippen LogP contribution in [0.1, 0.15) is 49.4 Å². The van der Waals surface area contributed by atoms with Crippen LogP contribution in [0.25, 0.3) is 0 Å². The second kappa shape index (κ2) is 7.94. The normalized spacial score (nSPS) is 24.6.